The molecule has 2 heteroatoms. The zero-order chi connectivity index (χ0) is 12.7. The number of hydrogen-bond acceptors (Lipinski definition) is 2. The van der Waals surface area contributed by atoms with Crippen LogP contribution in [-0.4, -0.2) is 5.97 Å². The van der Waals surface area contributed by atoms with Crippen LogP contribution in [-0.2, 0) is 4.79 Å². The van der Waals surface area contributed by atoms with Crippen molar-refractivity contribution in [1.29, 1.82) is 0 Å². The summed E-state index contributed by atoms with van der Waals surface area (Å²) >= 11 is 0. The third-order valence-corrected chi connectivity index (χ3v) is 2.09. The second-order valence-corrected chi connectivity index (χ2v) is 3.59. The Morgan fingerprint density at radius 2 is 1.94 bits per heavy atom. The van der Waals surface area contributed by atoms with E-state index in [0.717, 1.165) is 0 Å². The van der Waals surface area contributed by atoms with E-state index in [1.807, 2.05) is 31.2 Å². The highest BCUT2D eigenvalue weighted by Crippen LogP contribution is 2.14. The molecule has 1 aromatic rings. The number of ether oxygens (including phenoxy) is 1. The van der Waals surface area contributed by atoms with Crippen molar-refractivity contribution in [2.24, 2.45) is 0 Å². The van der Waals surface area contributed by atoms with Crippen molar-refractivity contribution in [2.45, 2.75) is 13.8 Å². The van der Waals surface area contributed by atoms with E-state index in [-0.39, 0.29) is 5.97 Å². The molecular formula is C15H16O2. The summed E-state index contributed by atoms with van der Waals surface area (Å²) in [7, 11) is 0. The smallest absolute Gasteiger partial charge is 0.343 e. The molecule has 0 unspecified atom stereocenters. The zero-order valence-corrected chi connectivity index (χ0v) is 10.1. The van der Waals surface area contributed by atoms with Gasteiger partial charge >= 0.3 is 5.97 Å². The Hall–Kier alpha value is -2.09. The lowest BCUT2D eigenvalue weighted by atomic mass is 10.1. The first-order chi connectivity index (χ1) is 8.15. The topological polar surface area (TPSA) is 26.3 Å². The molecule has 0 radical (unpaired) electrons. The average Bonchev–Trinajstić information content (AvgIpc) is 2.30. The monoisotopic (exact) mass is 228 g/mol. The van der Waals surface area contributed by atoms with Crippen LogP contribution in [0.15, 0.2) is 66.3 Å². The molecule has 0 spiro atoms. The first-order valence-electron chi connectivity index (χ1n) is 5.41. The Bertz CT molecular complexity index is 453. The largest absolute Gasteiger partial charge is 0.423 e. The maximum Gasteiger partial charge on any atom is 0.343 e. The molecule has 0 aliphatic heterocycles. The molecule has 0 N–H and O–H groups in total. The number of carbonyl (C=O) groups is 1. The van der Waals surface area contributed by atoms with E-state index in [9.17, 15) is 4.79 Å². The van der Waals surface area contributed by atoms with Gasteiger partial charge in [0.2, 0.25) is 0 Å². The number of para-hydroxylation sites is 1. The second kappa shape index (κ2) is 6.48. The summed E-state index contributed by atoms with van der Waals surface area (Å²) in [5.41, 5.74) is 1.16. The second-order valence-electron chi connectivity index (χ2n) is 3.59. The molecular weight excluding hydrogens is 212 g/mol. The van der Waals surface area contributed by atoms with Crippen LogP contribution in [0.4, 0.5) is 0 Å². The third kappa shape index (κ3) is 4.11. The number of allylic oxidation sites excluding steroid dienone is 3. The Morgan fingerprint density at radius 3 is 2.47 bits per heavy atom. The highest BCUT2D eigenvalue weighted by atomic mass is 16.5. The fourth-order valence-electron chi connectivity index (χ4n) is 1.23. The Morgan fingerprint density at radius 1 is 1.29 bits per heavy atom. The first-order valence-corrected chi connectivity index (χ1v) is 5.41. The predicted molar refractivity (Wildman–Crippen MR) is 69.8 cm³/mol. The molecule has 0 aliphatic carbocycles. The normalized spacial score (nSPS) is 11.5. The number of carbonyl (C=O) groups excluding carboxylic acids is 1. The maximum atomic E-state index is 11.9. The van der Waals surface area contributed by atoms with Crippen LogP contribution in [0.2, 0.25) is 0 Å². The molecule has 0 atom stereocenters. The summed E-state index contributed by atoms with van der Waals surface area (Å²) in [6, 6.07) is 8.98. The minimum Gasteiger partial charge on any atom is -0.423 e. The summed E-state index contributed by atoms with van der Waals surface area (Å²) < 4.78 is 5.23. The van der Waals surface area contributed by atoms with Crippen molar-refractivity contribution < 1.29 is 9.53 Å². The lowest BCUT2D eigenvalue weighted by Crippen LogP contribution is -2.11. The van der Waals surface area contributed by atoms with Gasteiger partial charge in [0.1, 0.15) is 5.75 Å². The van der Waals surface area contributed by atoms with E-state index in [0.29, 0.717) is 16.9 Å². The lowest BCUT2D eigenvalue weighted by Gasteiger charge is -2.06. The van der Waals surface area contributed by atoms with Gasteiger partial charge in [-0.2, -0.15) is 0 Å². The van der Waals surface area contributed by atoms with Crippen LogP contribution < -0.4 is 4.74 Å². The van der Waals surface area contributed by atoms with Crippen LogP contribution in [0, 0.1) is 0 Å². The average molecular weight is 228 g/mol. The van der Waals surface area contributed by atoms with Gasteiger partial charge < -0.3 is 4.74 Å². The van der Waals surface area contributed by atoms with E-state index in [2.05, 4.69) is 6.58 Å². The molecule has 0 bridgehead atoms. The van der Waals surface area contributed by atoms with Crippen LogP contribution in [0.1, 0.15) is 13.8 Å². The molecule has 0 fully saturated rings. The van der Waals surface area contributed by atoms with Crippen molar-refractivity contribution in [2.75, 3.05) is 0 Å². The highest BCUT2D eigenvalue weighted by Gasteiger charge is 2.11. The molecule has 0 amide bonds. The standard InChI is InChI=1S/C15H16O2/c1-4-5-11-14(12(2)3)15(16)17-13-9-7-6-8-10-13/h4-11H,2H2,1,3H3/b5-4-,14-11+. The summed E-state index contributed by atoms with van der Waals surface area (Å²) in [5, 5.41) is 0. The SMILES string of the molecule is C=C(C)/C(=C\C=C/C)C(=O)Oc1ccccc1. The summed E-state index contributed by atoms with van der Waals surface area (Å²) in [6.45, 7) is 7.43. The first kappa shape index (κ1) is 13.0. The minimum absolute atomic E-state index is 0.387. The van der Waals surface area contributed by atoms with Crippen molar-refractivity contribution in [3.63, 3.8) is 0 Å². The number of esters is 1. The van der Waals surface area contributed by atoms with E-state index in [1.165, 1.54) is 0 Å². The number of rotatable bonds is 4. The van der Waals surface area contributed by atoms with Gasteiger partial charge in [-0.25, -0.2) is 4.79 Å². The van der Waals surface area contributed by atoms with Gasteiger partial charge in [-0.15, -0.1) is 0 Å². The van der Waals surface area contributed by atoms with E-state index in [1.54, 1.807) is 31.2 Å². The Balaban J connectivity index is 2.84. The lowest BCUT2D eigenvalue weighted by molar-refractivity contribution is -0.129. The molecule has 0 aliphatic rings. The minimum atomic E-state index is -0.387. The molecule has 2 nitrogen and oxygen atoms in total. The van der Waals surface area contributed by atoms with E-state index < -0.39 is 0 Å². The molecule has 0 saturated heterocycles. The van der Waals surface area contributed by atoms with Crippen molar-refractivity contribution >= 4 is 5.97 Å². The Labute approximate surface area is 102 Å². The summed E-state index contributed by atoms with van der Waals surface area (Å²) in [4.78, 5) is 11.9. The molecule has 0 saturated carbocycles. The van der Waals surface area contributed by atoms with Crippen LogP contribution in [0.5, 0.6) is 5.75 Å². The van der Waals surface area contributed by atoms with Gasteiger partial charge in [0, 0.05) is 0 Å². The van der Waals surface area contributed by atoms with Gasteiger partial charge in [0.05, 0.1) is 5.57 Å². The van der Waals surface area contributed by atoms with Crippen LogP contribution in [0.3, 0.4) is 0 Å². The Kier molecular flexibility index (Phi) is 4.95. The number of hydrogen-bond donors (Lipinski definition) is 0. The van der Waals surface area contributed by atoms with Gasteiger partial charge in [-0.3, -0.25) is 0 Å². The van der Waals surface area contributed by atoms with Crippen LogP contribution in [0.25, 0.3) is 0 Å². The molecule has 1 rings (SSSR count). The molecule has 17 heavy (non-hydrogen) atoms. The predicted octanol–water partition coefficient (Wildman–Crippen LogP) is 3.67. The van der Waals surface area contributed by atoms with Crippen molar-refractivity contribution in [3.8, 4) is 5.75 Å². The third-order valence-electron chi connectivity index (χ3n) is 2.09. The quantitative estimate of drug-likeness (QED) is 0.340. The van der Waals surface area contributed by atoms with E-state index in [4.69, 9.17) is 4.74 Å². The van der Waals surface area contributed by atoms with Gasteiger partial charge in [-0.05, 0) is 37.6 Å². The summed E-state index contributed by atoms with van der Waals surface area (Å²) in [6.07, 6.45) is 5.34. The maximum absolute atomic E-state index is 11.9. The van der Waals surface area contributed by atoms with Crippen molar-refractivity contribution in [1.82, 2.24) is 0 Å². The highest BCUT2D eigenvalue weighted by molar-refractivity contribution is 5.94. The summed E-state index contributed by atoms with van der Waals surface area (Å²) in [5.74, 6) is 0.145. The molecule has 0 aromatic heterocycles. The molecule has 88 valence electrons. The number of benzene rings is 1. The zero-order valence-electron chi connectivity index (χ0n) is 10.1. The van der Waals surface area contributed by atoms with Crippen molar-refractivity contribution in [3.05, 3.63) is 66.3 Å². The molecule has 0 heterocycles. The van der Waals surface area contributed by atoms with Gasteiger partial charge in [0.25, 0.3) is 0 Å². The van der Waals surface area contributed by atoms with Gasteiger partial charge in [-0.1, -0.05) is 36.9 Å². The van der Waals surface area contributed by atoms with E-state index >= 15 is 0 Å². The fraction of sp³-hybridized carbons (Fsp3) is 0.133. The van der Waals surface area contributed by atoms with Gasteiger partial charge in [0.15, 0.2) is 0 Å². The molecule has 1 aromatic carbocycles. The van der Waals surface area contributed by atoms with Crippen LogP contribution >= 0.6 is 0 Å². The fourth-order valence-corrected chi connectivity index (χ4v) is 1.23.